The lowest BCUT2D eigenvalue weighted by Crippen LogP contribution is -2.39. The third-order valence-corrected chi connectivity index (χ3v) is 3.25. The minimum absolute atomic E-state index is 0.0456. The van der Waals surface area contributed by atoms with Gasteiger partial charge in [-0.25, -0.2) is 13.2 Å². The highest BCUT2D eigenvalue weighted by molar-refractivity contribution is 7.87. The molecule has 1 rings (SSSR count). The highest BCUT2D eigenvalue weighted by Crippen LogP contribution is 2.22. The third kappa shape index (κ3) is 4.78. The number of ether oxygens (including phenoxy) is 2. The second kappa shape index (κ2) is 7.32. The number of carbonyl (C=O) groups excluding carboxylic acids is 1. The molecule has 1 aromatic rings. The molecular formula is C13H13F2O6S-. The summed E-state index contributed by atoms with van der Waals surface area (Å²) in [5.74, 6) is -1.87. The van der Waals surface area contributed by atoms with Crippen molar-refractivity contribution in [2.24, 2.45) is 0 Å². The molecule has 6 nitrogen and oxygen atoms in total. The Kier molecular flexibility index (Phi) is 6.01. The average molecular weight is 335 g/mol. The molecule has 0 saturated carbocycles. The first-order valence-electron chi connectivity index (χ1n) is 6.04. The van der Waals surface area contributed by atoms with E-state index in [1.54, 1.807) is 30.3 Å². The lowest BCUT2D eigenvalue weighted by atomic mass is 10.2. The van der Waals surface area contributed by atoms with Crippen molar-refractivity contribution in [2.75, 3.05) is 13.2 Å². The van der Waals surface area contributed by atoms with E-state index < -0.39 is 27.9 Å². The molecule has 0 N–H and O–H groups in total. The molecule has 0 bridgehead atoms. The topological polar surface area (TPSA) is 92.7 Å². The molecule has 0 saturated heterocycles. The van der Waals surface area contributed by atoms with Crippen LogP contribution in [0.4, 0.5) is 8.78 Å². The van der Waals surface area contributed by atoms with Gasteiger partial charge in [0.2, 0.25) is 0 Å². The van der Waals surface area contributed by atoms with Crippen LogP contribution in [-0.2, 0) is 19.6 Å². The van der Waals surface area contributed by atoms with Gasteiger partial charge >= 0.3 is 11.2 Å². The fourth-order valence-electron chi connectivity index (χ4n) is 1.30. The molecule has 122 valence electrons. The zero-order chi connectivity index (χ0) is 16.8. The van der Waals surface area contributed by atoms with Gasteiger partial charge in [-0.05, 0) is 17.7 Å². The molecule has 0 aliphatic carbocycles. The van der Waals surface area contributed by atoms with E-state index in [4.69, 9.17) is 4.74 Å². The van der Waals surface area contributed by atoms with Crippen molar-refractivity contribution in [3.63, 3.8) is 0 Å². The molecule has 0 amide bonds. The van der Waals surface area contributed by atoms with Crippen LogP contribution in [0.3, 0.4) is 0 Å². The summed E-state index contributed by atoms with van der Waals surface area (Å²) in [6.07, 6.45) is 1.69. The van der Waals surface area contributed by atoms with Crippen molar-refractivity contribution in [1.82, 2.24) is 0 Å². The zero-order valence-corrected chi connectivity index (χ0v) is 12.1. The van der Waals surface area contributed by atoms with Crippen molar-refractivity contribution in [3.8, 4) is 5.75 Å². The summed E-state index contributed by atoms with van der Waals surface area (Å²) in [7, 11) is -6.09. The molecule has 22 heavy (non-hydrogen) atoms. The first kappa shape index (κ1) is 18.1. The molecule has 9 heteroatoms. The molecule has 1 aromatic carbocycles. The predicted octanol–water partition coefficient (Wildman–Crippen LogP) is 1.78. The smallest absolute Gasteiger partial charge is 0.428 e. The lowest BCUT2D eigenvalue weighted by molar-refractivity contribution is -0.161. The highest BCUT2D eigenvalue weighted by Gasteiger charge is 2.48. The number of alkyl halides is 2. The molecule has 0 spiro atoms. The van der Waals surface area contributed by atoms with Crippen LogP contribution in [0.5, 0.6) is 5.75 Å². The largest absolute Gasteiger partial charge is 0.743 e. The van der Waals surface area contributed by atoms with E-state index in [1.807, 2.05) is 0 Å². The molecule has 0 aliphatic rings. The first-order valence-corrected chi connectivity index (χ1v) is 7.45. The van der Waals surface area contributed by atoms with Crippen LogP contribution in [0.1, 0.15) is 12.0 Å². The SMILES string of the molecule is C=Cc1ccc(OCCCOC(=O)C(F)(F)S(=O)(=O)[O-])cc1. The van der Waals surface area contributed by atoms with Crippen LogP contribution < -0.4 is 4.74 Å². The third-order valence-electron chi connectivity index (χ3n) is 2.46. The van der Waals surface area contributed by atoms with Gasteiger partial charge in [0.05, 0.1) is 13.2 Å². The van der Waals surface area contributed by atoms with E-state index in [-0.39, 0.29) is 13.0 Å². The Labute approximate surface area is 126 Å². The second-order valence-electron chi connectivity index (χ2n) is 4.08. The normalized spacial score (nSPS) is 11.8. The summed E-state index contributed by atoms with van der Waals surface area (Å²) in [5, 5.41) is -5.09. The summed E-state index contributed by atoms with van der Waals surface area (Å²) in [6, 6.07) is 6.84. The first-order chi connectivity index (χ1) is 10.2. The number of hydrogen-bond donors (Lipinski definition) is 0. The van der Waals surface area contributed by atoms with Gasteiger partial charge in [0.1, 0.15) is 5.75 Å². The van der Waals surface area contributed by atoms with Gasteiger partial charge in [0.15, 0.2) is 10.1 Å². The van der Waals surface area contributed by atoms with Gasteiger partial charge < -0.3 is 14.0 Å². The Hall–Kier alpha value is -2.00. The van der Waals surface area contributed by atoms with Gasteiger partial charge in [0, 0.05) is 6.42 Å². The Morgan fingerprint density at radius 3 is 2.36 bits per heavy atom. The molecule has 0 aliphatic heterocycles. The monoisotopic (exact) mass is 335 g/mol. The summed E-state index contributed by atoms with van der Waals surface area (Å²) in [6.45, 7) is 3.13. The minimum Gasteiger partial charge on any atom is -0.743 e. The van der Waals surface area contributed by atoms with Crippen molar-refractivity contribution in [1.29, 1.82) is 0 Å². The number of hydrogen-bond acceptors (Lipinski definition) is 6. The van der Waals surface area contributed by atoms with Gasteiger partial charge in [-0.2, -0.15) is 8.78 Å². The quantitative estimate of drug-likeness (QED) is 0.408. The van der Waals surface area contributed by atoms with E-state index in [1.165, 1.54) is 0 Å². The Balaban J connectivity index is 2.33. The summed E-state index contributed by atoms with van der Waals surface area (Å²) in [4.78, 5) is 10.8. The van der Waals surface area contributed by atoms with Crippen molar-refractivity contribution in [2.45, 2.75) is 11.7 Å². The van der Waals surface area contributed by atoms with Gasteiger partial charge in [-0.1, -0.05) is 24.8 Å². The highest BCUT2D eigenvalue weighted by atomic mass is 32.2. The Morgan fingerprint density at radius 1 is 1.27 bits per heavy atom. The summed E-state index contributed by atoms with van der Waals surface area (Å²) < 4.78 is 65.4. The van der Waals surface area contributed by atoms with Crippen LogP contribution >= 0.6 is 0 Å². The average Bonchev–Trinajstić information content (AvgIpc) is 2.46. The van der Waals surface area contributed by atoms with E-state index >= 15 is 0 Å². The maximum absolute atomic E-state index is 12.8. The number of benzene rings is 1. The maximum atomic E-state index is 12.8. The molecule has 0 fully saturated rings. The van der Waals surface area contributed by atoms with Crippen molar-refractivity contribution in [3.05, 3.63) is 36.4 Å². The zero-order valence-electron chi connectivity index (χ0n) is 11.3. The lowest BCUT2D eigenvalue weighted by Gasteiger charge is -2.18. The van der Waals surface area contributed by atoms with Gasteiger partial charge in [0.25, 0.3) is 0 Å². The number of carbonyl (C=O) groups is 1. The fraction of sp³-hybridized carbons (Fsp3) is 0.308. The Bertz CT molecular complexity index is 624. The molecule has 0 unspecified atom stereocenters. The van der Waals surface area contributed by atoms with E-state index in [9.17, 15) is 26.5 Å². The van der Waals surface area contributed by atoms with Crippen LogP contribution in [0.15, 0.2) is 30.8 Å². The molecule has 0 heterocycles. The number of esters is 1. The number of halogens is 2. The summed E-state index contributed by atoms with van der Waals surface area (Å²) >= 11 is 0. The second-order valence-corrected chi connectivity index (χ2v) is 5.50. The number of rotatable bonds is 8. The van der Waals surface area contributed by atoms with Gasteiger partial charge in [-0.15, -0.1) is 0 Å². The fourth-order valence-corrected chi connectivity index (χ4v) is 1.56. The van der Waals surface area contributed by atoms with Crippen LogP contribution in [0.25, 0.3) is 6.08 Å². The van der Waals surface area contributed by atoms with Gasteiger partial charge in [-0.3, -0.25) is 0 Å². The standard InChI is InChI=1S/C13H14F2O6S/c1-2-10-4-6-11(7-5-10)20-8-3-9-21-12(16)13(14,15)22(17,18)19/h2,4-7H,1,3,8-9H2,(H,17,18,19)/p-1. The summed E-state index contributed by atoms with van der Waals surface area (Å²) in [5.41, 5.74) is 0.891. The molecular weight excluding hydrogens is 322 g/mol. The van der Waals surface area contributed by atoms with Crippen LogP contribution in [-0.4, -0.2) is 37.4 Å². The van der Waals surface area contributed by atoms with Crippen molar-refractivity contribution < 1.29 is 36.0 Å². The van der Waals surface area contributed by atoms with E-state index in [0.717, 1.165) is 5.56 Å². The van der Waals surface area contributed by atoms with Crippen LogP contribution in [0.2, 0.25) is 0 Å². The predicted molar refractivity (Wildman–Crippen MR) is 72.2 cm³/mol. The molecule has 0 aromatic heterocycles. The molecule has 0 atom stereocenters. The molecule has 0 radical (unpaired) electrons. The minimum atomic E-state index is -6.09. The van der Waals surface area contributed by atoms with E-state index in [2.05, 4.69) is 11.3 Å². The maximum Gasteiger partial charge on any atom is 0.428 e. The van der Waals surface area contributed by atoms with E-state index in [0.29, 0.717) is 5.75 Å². The van der Waals surface area contributed by atoms with Crippen LogP contribution in [0, 0.1) is 0 Å². The Morgan fingerprint density at radius 2 is 1.86 bits per heavy atom. The van der Waals surface area contributed by atoms with Crippen molar-refractivity contribution >= 4 is 22.2 Å².